The lowest BCUT2D eigenvalue weighted by molar-refractivity contribution is -0.159. The van der Waals surface area contributed by atoms with Crippen LogP contribution < -0.4 is 0 Å². The predicted octanol–water partition coefficient (Wildman–Crippen LogP) is 18.0. The van der Waals surface area contributed by atoms with Crippen LogP contribution in [0.1, 0.15) is 52.8 Å². The molecule has 28 aromatic carbocycles. The first-order chi connectivity index (χ1) is 37.5. The third kappa shape index (κ3) is 1.66. The van der Waals surface area contributed by atoms with Gasteiger partial charge < -0.3 is 4.74 Å². The molecule has 0 aliphatic heterocycles. The average Bonchev–Trinajstić information content (AvgIpc) is 1.77. The molecule has 0 bridgehead atoms. The van der Waals surface area contributed by atoms with Gasteiger partial charge >= 0.3 is 5.97 Å². The molecule has 0 heterocycles. The van der Waals surface area contributed by atoms with E-state index in [1.165, 1.54) is 195 Å². The number of hydrogen-bond acceptors (Lipinski definition) is 3. The van der Waals surface area contributed by atoms with E-state index in [-0.39, 0.29) is 5.78 Å². The van der Waals surface area contributed by atoms with Gasteiger partial charge in [0, 0.05) is 0 Å². The van der Waals surface area contributed by atoms with Gasteiger partial charge in [-0.3, -0.25) is 9.59 Å². The van der Waals surface area contributed by atoms with Crippen molar-refractivity contribution in [3.8, 4) is 0 Å². The highest BCUT2D eigenvalue weighted by molar-refractivity contribution is 6.81. The molecule has 0 N–H and O–H groups in total. The van der Waals surface area contributed by atoms with Crippen LogP contribution in [0.4, 0.5) is 0 Å². The minimum absolute atomic E-state index is 0.101. The quantitative estimate of drug-likeness (QED) is 0.0981. The van der Waals surface area contributed by atoms with Crippen LogP contribution in [0.2, 0.25) is 0 Å². The molecule has 33 rings (SSSR count). The number of ketones is 1. The molecule has 3 nitrogen and oxygen atoms in total. The van der Waals surface area contributed by atoms with Gasteiger partial charge in [0.1, 0.15) is 11.2 Å². The van der Waals surface area contributed by atoms with Gasteiger partial charge in [-0.25, -0.2) is 0 Å². The summed E-state index contributed by atoms with van der Waals surface area (Å²) in [5.74, 6) is -0.506. The van der Waals surface area contributed by atoms with Gasteiger partial charge in [-0.1, -0.05) is 30.3 Å². The summed E-state index contributed by atoms with van der Waals surface area (Å²) in [6.07, 6.45) is 0.816. The molecular weight excluding hydrogens is 925 g/mol. The molecule has 28 aromatic rings. The van der Waals surface area contributed by atoms with Crippen LogP contribution in [0.3, 0.4) is 0 Å². The van der Waals surface area contributed by atoms with E-state index < -0.39 is 22.2 Å². The minimum Gasteiger partial charge on any atom is -0.468 e. The summed E-state index contributed by atoms with van der Waals surface area (Å²) in [5, 5.41) is 78.4. The smallest absolute Gasteiger partial charge is 0.320 e. The van der Waals surface area contributed by atoms with Gasteiger partial charge in [-0.05, 0) is 339 Å². The van der Waals surface area contributed by atoms with Crippen LogP contribution in [0, 0.1) is 5.41 Å². The number of rotatable bonds is 5. The molecule has 0 saturated heterocycles. The van der Waals surface area contributed by atoms with Crippen LogP contribution in [-0.2, 0) is 31.6 Å². The molecule has 0 saturated carbocycles. The van der Waals surface area contributed by atoms with E-state index in [4.69, 9.17) is 4.74 Å². The summed E-state index contributed by atoms with van der Waals surface area (Å²) in [6, 6.07) is 11.5. The predicted molar refractivity (Wildman–Crippen MR) is 313 cm³/mol. The molecule has 0 fully saturated rings. The third-order valence-electron chi connectivity index (χ3n) is 26.8. The normalized spacial score (nSPS) is 21.7. The highest BCUT2D eigenvalue weighted by atomic mass is 16.5. The second-order valence-corrected chi connectivity index (χ2v) is 27.2. The summed E-state index contributed by atoms with van der Waals surface area (Å²) in [5.41, 5.74) is 6.27. The fourth-order valence-electron chi connectivity index (χ4n) is 26.1. The number of methoxy groups -OCH3 is 1. The van der Waals surface area contributed by atoms with Crippen LogP contribution in [-0.4, -0.2) is 18.9 Å². The molecule has 0 amide bonds. The zero-order chi connectivity index (χ0) is 46.7. The molecule has 3 unspecified atom stereocenters. The number of esters is 1. The molecule has 0 spiro atoms. The fourth-order valence-corrected chi connectivity index (χ4v) is 26.1. The third-order valence-corrected chi connectivity index (χ3v) is 26.8. The topological polar surface area (TPSA) is 43.4 Å². The fraction of sp³-hybridized carbons (Fsp3) is 0.0959. The zero-order valence-electron chi connectivity index (χ0n) is 39.8. The number of carbonyl (C=O) groups excluding carboxylic acids is 2. The highest BCUT2D eigenvalue weighted by Gasteiger charge is 2.73. The highest BCUT2D eigenvalue weighted by Crippen LogP contribution is 2.85. The van der Waals surface area contributed by atoms with E-state index in [0.29, 0.717) is 0 Å². The maximum atomic E-state index is 16.2. The van der Waals surface area contributed by atoms with E-state index in [2.05, 4.69) is 37.3 Å². The molecule has 5 aliphatic carbocycles. The Morgan fingerprint density at radius 1 is 0.329 bits per heavy atom. The SMILES string of the molecule is COC(=O)C(C)(C(C)=O)C12c3c4c5c6c7c8c9c%10c(c1c1c%11c2c2c%12c3c5c3c5c6c6c7c7c9c9c%13c%10c1c1c%10c%11c%11c2c2c%12c3c3c5c5c6c6c7c9c7c(c%131)c1c%10c%11c9c2c3c2c9c1c7c6c52)C48Cc1ccccc1. The maximum Gasteiger partial charge on any atom is 0.320 e. The van der Waals surface area contributed by atoms with Crippen LogP contribution in [0.5, 0.6) is 0 Å². The van der Waals surface area contributed by atoms with Crippen molar-refractivity contribution in [1.29, 1.82) is 0 Å². The molecule has 5 aliphatic rings. The van der Waals surface area contributed by atoms with Crippen molar-refractivity contribution < 1.29 is 14.3 Å². The summed E-state index contributed by atoms with van der Waals surface area (Å²) in [7, 11) is 1.56. The summed E-state index contributed by atoms with van der Waals surface area (Å²) in [4.78, 5) is 32.3. The Hall–Kier alpha value is -9.18. The standard InChI is InChI=1S/C73H16O3/c1-10(74)71(2,70(75)76-3)73-65-57-48-41-28-21-15-14-16-12-13-17(15)26(28)32-30-19(13)22-18(12)29-31-25(16)27-20(14)23-24(21)35-42-34(23)43-40(27)47-45(31)49-36(29)38-33(22)39-37(30)50(46(32)48)61(65)63-52(39)51(38)62-60(49)64-56(47)53(43)58-55(42)59(54(57)44(35)41)68(73)66(58)72(64,67(62)69(63)73)9-11-7-5-4-6-8-11/h4-8H,9H2,1-3H3. The first-order valence-electron chi connectivity index (χ1n) is 27.9. The van der Waals surface area contributed by atoms with E-state index in [9.17, 15) is 0 Å². The first kappa shape index (κ1) is 30.3. The van der Waals surface area contributed by atoms with Crippen molar-refractivity contribution in [3.05, 3.63) is 69.3 Å². The van der Waals surface area contributed by atoms with Gasteiger partial charge in [-0.2, -0.15) is 0 Å². The molecule has 3 heteroatoms. The minimum atomic E-state index is -1.60. The zero-order valence-corrected chi connectivity index (χ0v) is 39.8. The summed E-state index contributed by atoms with van der Waals surface area (Å²) >= 11 is 0. The van der Waals surface area contributed by atoms with Gasteiger partial charge in [0.15, 0.2) is 0 Å². The molecule has 326 valence electrons. The molecular formula is C73H16O3. The van der Waals surface area contributed by atoms with Crippen molar-refractivity contribution in [3.63, 3.8) is 0 Å². The van der Waals surface area contributed by atoms with Crippen molar-refractivity contribution in [2.24, 2.45) is 5.41 Å². The monoisotopic (exact) mass is 940 g/mol. The van der Waals surface area contributed by atoms with Crippen LogP contribution >= 0.6 is 0 Å². The van der Waals surface area contributed by atoms with Crippen LogP contribution in [0.15, 0.2) is 30.3 Å². The van der Waals surface area contributed by atoms with Crippen molar-refractivity contribution in [2.45, 2.75) is 31.1 Å². The summed E-state index contributed by atoms with van der Waals surface area (Å²) < 4.78 is 6.28. The van der Waals surface area contributed by atoms with Gasteiger partial charge in [0.05, 0.1) is 17.9 Å². The number of ether oxygens (including phenoxy) is 1. The average molecular weight is 941 g/mol. The Morgan fingerprint density at radius 2 is 0.553 bits per heavy atom. The molecule has 76 heavy (non-hydrogen) atoms. The Kier molecular flexibility index (Phi) is 2.78. The van der Waals surface area contributed by atoms with Crippen molar-refractivity contribution in [1.82, 2.24) is 0 Å². The van der Waals surface area contributed by atoms with Gasteiger partial charge in [0.2, 0.25) is 0 Å². The van der Waals surface area contributed by atoms with Crippen molar-refractivity contribution in [2.75, 3.05) is 7.11 Å². The molecule has 0 radical (unpaired) electrons. The second-order valence-electron chi connectivity index (χ2n) is 27.2. The van der Waals surface area contributed by atoms with E-state index in [1.54, 1.807) is 138 Å². The molecule has 0 aromatic heterocycles. The number of benzene rings is 18. The number of carbonyl (C=O) groups is 2. The first-order valence-corrected chi connectivity index (χ1v) is 27.9. The lowest BCUT2D eigenvalue weighted by atomic mass is 9.45. The number of Topliss-reactive ketones (excluding diaryl/α,β-unsaturated/α-hetero) is 1. The largest absolute Gasteiger partial charge is 0.468 e. The second kappa shape index (κ2) is 7.00. The summed E-state index contributed by atoms with van der Waals surface area (Å²) in [6.45, 7) is 3.81. The van der Waals surface area contributed by atoms with Crippen molar-refractivity contribution >= 4 is 292 Å². The van der Waals surface area contributed by atoms with E-state index in [0.717, 1.165) is 6.42 Å². The lowest BCUT2D eigenvalue weighted by Crippen LogP contribution is -2.58. The number of hydrogen-bond donors (Lipinski definition) is 0. The maximum absolute atomic E-state index is 16.2. The Morgan fingerprint density at radius 3 is 0.868 bits per heavy atom. The lowest BCUT2D eigenvalue weighted by Gasteiger charge is -2.54. The van der Waals surface area contributed by atoms with E-state index >= 15 is 9.59 Å². The van der Waals surface area contributed by atoms with Crippen LogP contribution in [0.25, 0.3) is 280 Å². The Balaban J connectivity index is 1.16. The Bertz CT molecular complexity index is 7730. The van der Waals surface area contributed by atoms with E-state index in [1.807, 2.05) is 0 Å². The van der Waals surface area contributed by atoms with Gasteiger partial charge in [0.25, 0.3) is 0 Å². The molecule has 3 atom stereocenters. The Labute approximate surface area is 416 Å². The van der Waals surface area contributed by atoms with Gasteiger partial charge in [-0.15, -0.1) is 0 Å².